The van der Waals surface area contributed by atoms with Crippen molar-refractivity contribution < 1.29 is 14.3 Å². The van der Waals surface area contributed by atoms with Gasteiger partial charge in [0.05, 0.1) is 25.5 Å². The second-order valence-corrected chi connectivity index (χ2v) is 5.06. The Bertz CT molecular complexity index is 965. The van der Waals surface area contributed by atoms with Crippen molar-refractivity contribution in [1.29, 1.82) is 0 Å². The molecule has 2 N–H and O–H groups in total. The van der Waals surface area contributed by atoms with Gasteiger partial charge in [-0.05, 0) is 18.2 Å². The predicted octanol–water partition coefficient (Wildman–Crippen LogP) is 1.91. The predicted molar refractivity (Wildman–Crippen MR) is 88.3 cm³/mol. The summed E-state index contributed by atoms with van der Waals surface area (Å²) >= 11 is 0. The van der Waals surface area contributed by atoms with Gasteiger partial charge < -0.3 is 15.2 Å². The molecule has 24 heavy (non-hydrogen) atoms. The van der Waals surface area contributed by atoms with Gasteiger partial charge in [0, 0.05) is 5.56 Å². The van der Waals surface area contributed by atoms with Gasteiger partial charge in [-0.15, -0.1) is 0 Å². The van der Waals surface area contributed by atoms with Gasteiger partial charge in [0.1, 0.15) is 16.9 Å². The monoisotopic (exact) mass is 325 g/mol. The van der Waals surface area contributed by atoms with Crippen molar-refractivity contribution >= 4 is 17.0 Å². The Morgan fingerprint density at radius 3 is 2.67 bits per heavy atom. The van der Waals surface area contributed by atoms with E-state index in [1.807, 2.05) is 24.3 Å². The number of primary amides is 1. The highest BCUT2D eigenvalue weighted by molar-refractivity contribution is 5.86. The molecule has 1 amide bonds. The fourth-order valence-electron chi connectivity index (χ4n) is 2.49. The molecule has 0 aliphatic rings. The summed E-state index contributed by atoms with van der Waals surface area (Å²) in [6, 6.07) is 12.2. The zero-order chi connectivity index (χ0) is 17.1. The number of nitrogens with zero attached hydrogens (tertiary/aromatic N) is 2. The highest BCUT2D eigenvalue weighted by Crippen LogP contribution is 2.22. The summed E-state index contributed by atoms with van der Waals surface area (Å²) in [5.41, 5.74) is 5.98. The fourth-order valence-corrected chi connectivity index (χ4v) is 2.49. The van der Waals surface area contributed by atoms with Crippen molar-refractivity contribution in [1.82, 2.24) is 9.55 Å². The number of carbonyl (C=O) groups excluding carboxylic acids is 1. The van der Waals surface area contributed by atoms with Crippen molar-refractivity contribution in [2.75, 3.05) is 7.11 Å². The van der Waals surface area contributed by atoms with E-state index in [1.54, 1.807) is 19.2 Å². The van der Waals surface area contributed by atoms with Gasteiger partial charge in [0.2, 0.25) is 0 Å². The molecule has 2 aromatic carbocycles. The molecule has 0 fully saturated rings. The van der Waals surface area contributed by atoms with Crippen molar-refractivity contribution in [3.63, 3.8) is 0 Å². The Labute approximate surface area is 137 Å². The number of para-hydroxylation sites is 1. The standard InChI is InChI=1S/C17H15N3O4/c1-23-13-7-3-2-5-11(13)9-20-10-19-12-6-4-8-14(24-17(18)22)15(12)16(20)21/h2-8,10H,9H2,1H3,(H2,18,22). The number of carbonyl (C=O) groups is 1. The summed E-state index contributed by atoms with van der Waals surface area (Å²) in [7, 11) is 1.57. The molecule has 0 unspecified atom stereocenters. The third kappa shape index (κ3) is 2.91. The Morgan fingerprint density at radius 1 is 1.17 bits per heavy atom. The SMILES string of the molecule is COc1ccccc1Cn1cnc2cccc(OC(N)=O)c2c1=O. The van der Waals surface area contributed by atoms with Crippen LogP contribution in [0.25, 0.3) is 10.9 Å². The quantitative estimate of drug-likeness (QED) is 0.790. The van der Waals surface area contributed by atoms with Crippen LogP contribution in [0.3, 0.4) is 0 Å². The summed E-state index contributed by atoms with van der Waals surface area (Å²) in [5, 5.41) is 0.202. The lowest BCUT2D eigenvalue weighted by Gasteiger charge is -2.11. The van der Waals surface area contributed by atoms with Gasteiger partial charge in [-0.2, -0.15) is 0 Å². The minimum Gasteiger partial charge on any atom is -0.496 e. The van der Waals surface area contributed by atoms with Crippen LogP contribution in [-0.4, -0.2) is 22.8 Å². The van der Waals surface area contributed by atoms with Crippen molar-refractivity contribution in [3.8, 4) is 11.5 Å². The maximum atomic E-state index is 12.8. The highest BCUT2D eigenvalue weighted by atomic mass is 16.5. The third-order valence-electron chi connectivity index (χ3n) is 3.56. The Morgan fingerprint density at radius 2 is 1.92 bits per heavy atom. The maximum Gasteiger partial charge on any atom is 0.409 e. The van der Waals surface area contributed by atoms with Crippen LogP contribution in [0.4, 0.5) is 4.79 Å². The first-order valence-electron chi connectivity index (χ1n) is 7.17. The molecule has 3 aromatic rings. The number of aromatic nitrogens is 2. The minimum absolute atomic E-state index is 0.0897. The second-order valence-electron chi connectivity index (χ2n) is 5.06. The Kier molecular flexibility index (Phi) is 4.15. The van der Waals surface area contributed by atoms with E-state index in [2.05, 4.69) is 4.98 Å². The van der Waals surface area contributed by atoms with Gasteiger partial charge in [0.25, 0.3) is 5.56 Å². The number of rotatable bonds is 4. The largest absolute Gasteiger partial charge is 0.496 e. The van der Waals surface area contributed by atoms with E-state index in [4.69, 9.17) is 15.2 Å². The van der Waals surface area contributed by atoms with E-state index in [-0.39, 0.29) is 23.2 Å². The van der Waals surface area contributed by atoms with Crippen molar-refractivity contribution in [2.24, 2.45) is 5.73 Å². The van der Waals surface area contributed by atoms with Gasteiger partial charge in [-0.1, -0.05) is 24.3 Å². The maximum absolute atomic E-state index is 12.8. The summed E-state index contributed by atoms with van der Waals surface area (Å²) in [6.07, 6.45) is 0.465. The normalized spacial score (nSPS) is 10.5. The zero-order valence-corrected chi connectivity index (χ0v) is 12.9. The number of ether oxygens (including phenoxy) is 2. The molecule has 3 rings (SSSR count). The van der Waals surface area contributed by atoms with Crippen LogP contribution in [0.1, 0.15) is 5.56 Å². The van der Waals surface area contributed by atoms with Crippen molar-refractivity contribution in [2.45, 2.75) is 6.54 Å². The molecule has 0 aliphatic carbocycles. The summed E-state index contributed by atoms with van der Waals surface area (Å²) in [4.78, 5) is 28.1. The molecule has 0 radical (unpaired) electrons. The van der Waals surface area contributed by atoms with Crippen LogP contribution in [0.15, 0.2) is 53.6 Å². The van der Waals surface area contributed by atoms with E-state index in [0.29, 0.717) is 11.3 Å². The third-order valence-corrected chi connectivity index (χ3v) is 3.56. The second kappa shape index (κ2) is 6.41. The topological polar surface area (TPSA) is 96.4 Å². The first-order valence-corrected chi connectivity index (χ1v) is 7.17. The summed E-state index contributed by atoms with van der Waals surface area (Å²) in [5.74, 6) is 0.762. The molecule has 0 spiro atoms. The molecular weight excluding hydrogens is 310 g/mol. The van der Waals surface area contributed by atoms with Crippen molar-refractivity contribution in [3.05, 3.63) is 64.7 Å². The smallest absolute Gasteiger partial charge is 0.409 e. The Hall–Kier alpha value is -3.35. The molecule has 1 aromatic heterocycles. The van der Waals surface area contributed by atoms with E-state index < -0.39 is 6.09 Å². The van der Waals surface area contributed by atoms with E-state index in [1.165, 1.54) is 17.0 Å². The molecule has 1 heterocycles. The molecule has 7 nitrogen and oxygen atoms in total. The summed E-state index contributed by atoms with van der Waals surface area (Å²) < 4.78 is 11.6. The average molecular weight is 325 g/mol. The fraction of sp³-hybridized carbons (Fsp3) is 0.118. The summed E-state index contributed by atoms with van der Waals surface area (Å²) in [6.45, 7) is 0.274. The van der Waals surface area contributed by atoms with Crippen LogP contribution >= 0.6 is 0 Å². The van der Waals surface area contributed by atoms with E-state index in [0.717, 1.165) is 5.56 Å². The van der Waals surface area contributed by atoms with Gasteiger partial charge in [0.15, 0.2) is 0 Å². The average Bonchev–Trinajstić information content (AvgIpc) is 2.57. The van der Waals surface area contributed by atoms with Crippen LogP contribution in [0.5, 0.6) is 11.5 Å². The number of amides is 1. The molecular formula is C17H15N3O4. The lowest BCUT2D eigenvalue weighted by Crippen LogP contribution is -2.23. The molecule has 0 atom stereocenters. The first kappa shape index (κ1) is 15.5. The van der Waals surface area contributed by atoms with Crippen LogP contribution in [-0.2, 0) is 6.54 Å². The van der Waals surface area contributed by atoms with Gasteiger partial charge >= 0.3 is 6.09 Å². The number of methoxy groups -OCH3 is 1. The molecule has 7 heteroatoms. The lowest BCUT2D eigenvalue weighted by molar-refractivity contribution is 0.211. The van der Waals surface area contributed by atoms with Crippen LogP contribution in [0.2, 0.25) is 0 Å². The first-order chi connectivity index (χ1) is 11.6. The molecule has 0 bridgehead atoms. The number of fused-ring (bicyclic) bond motifs is 1. The number of nitrogens with two attached hydrogens (primary N) is 1. The van der Waals surface area contributed by atoms with Crippen LogP contribution < -0.4 is 20.8 Å². The zero-order valence-electron chi connectivity index (χ0n) is 12.9. The van der Waals surface area contributed by atoms with Gasteiger partial charge in [-0.25, -0.2) is 9.78 Å². The number of benzene rings is 2. The lowest BCUT2D eigenvalue weighted by atomic mass is 10.2. The molecule has 0 saturated heterocycles. The van der Waals surface area contributed by atoms with Gasteiger partial charge in [-0.3, -0.25) is 9.36 Å². The highest BCUT2D eigenvalue weighted by Gasteiger charge is 2.13. The molecule has 0 saturated carbocycles. The minimum atomic E-state index is -0.984. The van der Waals surface area contributed by atoms with E-state index >= 15 is 0 Å². The number of hydrogen-bond donors (Lipinski definition) is 1. The molecule has 0 aliphatic heterocycles. The number of hydrogen-bond acceptors (Lipinski definition) is 5. The van der Waals surface area contributed by atoms with Crippen LogP contribution in [0, 0.1) is 0 Å². The Balaban J connectivity index is 2.11. The molecule has 122 valence electrons. The van der Waals surface area contributed by atoms with E-state index in [9.17, 15) is 9.59 Å².